The molecular formula is C37H56O8. The van der Waals surface area contributed by atoms with E-state index in [1.165, 1.54) is 31.9 Å². The highest BCUT2D eigenvalue weighted by molar-refractivity contribution is 5.68. The Bertz CT molecular complexity index is 1280. The lowest BCUT2D eigenvalue weighted by Gasteiger charge is -2.70. The quantitative estimate of drug-likeness (QED) is 0.260. The van der Waals surface area contributed by atoms with Gasteiger partial charge in [-0.2, -0.15) is 0 Å². The van der Waals surface area contributed by atoms with Crippen molar-refractivity contribution < 1.29 is 38.8 Å². The molecule has 3 fully saturated rings. The molecule has 0 amide bonds. The van der Waals surface area contributed by atoms with Gasteiger partial charge in [0.2, 0.25) is 0 Å². The molecule has 0 bridgehead atoms. The summed E-state index contributed by atoms with van der Waals surface area (Å²) in [6.45, 7) is 18.1. The van der Waals surface area contributed by atoms with Crippen LogP contribution in [0.2, 0.25) is 0 Å². The molecule has 0 heterocycles. The highest BCUT2D eigenvalue weighted by Gasteiger charge is 2.74. The van der Waals surface area contributed by atoms with Crippen LogP contribution in [0.3, 0.4) is 0 Å². The van der Waals surface area contributed by atoms with E-state index >= 15 is 0 Å². The minimum Gasteiger partial charge on any atom is -0.462 e. The van der Waals surface area contributed by atoms with E-state index in [0.29, 0.717) is 19.3 Å². The fourth-order valence-corrected chi connectivity index (χ4v) is 10.4. The second kappa shape index (κ2) is 12.6. The standard InChI is InChI=1S/C37H56O8/c1-11-27-14-12-13-15-28(27)21(2)20-37(42)22(3)16-18-34(8)29(37)17-19-35(9)31(34)30(44-25(6)39)32(45-26(7)40)36(10,33(35)41)23(4)43-24(5)38/h12-15,21-23,29-33,41-42H,11,16-20H2,1-10H3/t21-,22-,23+,29+,30-,31+,32-,33-,34-,35+,36-,37-/m0/s1. The number of aryl methyl sites for hydroxylation is 1. The summed E-state index contributed by atoms with van der Waals surface area (Å²) >= 11 is 0. The van der Waals surface area contributed by atoms with Crippen molar-refractivity contribution in [3.8, 4) is 0 Å². The summed E-state index contributed by atoms with van der Waals surface area (Å²) in [5, 5.41) is 25.3. The molecular weight excluding hydrogens is 572 g/mol. The monoisotopic (exact) mass is 628 g/mol. The zero-order valence-corrected chi connectivity index (χ0v) is 29.0. The molecule has 3 saturated carbocycles. The predicted octanol–water partition coefficient (Wildman–Crippen LogP) is 6.14. The number of hydrogen-bond donors (Lipinski definition) is 2. The van der Waals surface area contributed by atoms with Gasteiger partial charge in [0.15, 0.2) is 6.10 Å². The fourth-order valence-electron chi connectivity index (χ4n) is 10.4. The maximum absolute atomic E-state index is 12.9. The van der Waals surface area contributed by atoms with E-state index in [-0.39, 0.29) is 17.8 Å². The number of ether oxygens (including phenoxy) is 3. The van der Waals surface area contributed by atoms with Crippen LogP contribution in [0.5, 0.6) is 0 Å². The average molecular weight is 629 g/mol. The van der Waals surface area contributed by atoms with E-state index in [2.05, 4.69) is 52.0 Å². The van der Waals surface area contributed by atoms with Gasteiger partial charge >= 0.3 is 17.9 Å². The molecule has 0 saturated heterocycles. The lowest BCUT2D eigenvalue weighted by atomic mass is 9.37. The van der Waals surface area contributed by atoms with Gasteiger partial charge in [0, 0.05) is 32.1 Å². The minimum absolute atomic E-state index is 0.0374. The molecule has 45 heavy (non-hydrogen) atoms. The Morgan fingerprint density at radius 3 is 2.11 bits per heavy atom. The van der Waals surface area contributed by atoms with E-state index in [0.717, 1.165) is 19.3 Å². The van der Waals surface area contributed by atoms with Gasteiger partial charge in [0.05, 0.1) is 17.1 Å². The predicted molar refractivity (Wildman–Crippen MR) is 171 cm³/mol. The lowest BCUT2D eigenvalue weighted by molar-refractivity contribution is -0.315. The van der Waals surface area contributed by atoms with Crippen LogP contribution in [0, 0.1) is 34.0 Å². The first-order valence-electron chi connectivity index (χ1n) is 16.9. The van der Waals surface area contributed by atoms with Crippen molar-refractivity contribution in [3.63, 3.8) is 0 Å². The first-order valence-corrected chi connectivity index (χ1v) is 16.9. The summed E-state index contributed by atoms with van der Waals surface area (Å²) in [5.41, 5.74) is -1.11. The van der Waals surface area contributed by atoms with E-state index in [1.807, 2.05) is 6.92 Å². The minimum atomic E-state index is -1.28. The Hall–Kier alpha value is -2.45. The van der Waals surface area contributed by atoms with Gasteiger partial charge in [-0.25, -0.2) is 0 Å². The third kappa shape index (κ3) is 5.83. The summed E-state index contributed by atoms with van der Waals surface area (Å²) in [4.78, 5) is 37.6. The number of aliphatic hydroxyl groups excluding tert-OH is 1. The zero-order valence-electron chi connectivity index (χ0n) is 29.0. The topological polar surface area (TPSA) is 119 Å². The smallest absolute Gasteiger partial charge is 0.303 e. The Kier molecular flexibility index (Phi) is 9.94. The Morgan fingerprint density at radius 1 is 0.933 bits per heavy atom. The van der Waals surface area contributed by atoms with Crippen LogP contribution < -0.4 is 0 Å². The molecule has 0 aliphatic heterocycles. The number of carbonyl (C=O) groups excluding carboxylic acids is 3. The first-order chi connectivity index (χ1) is 20.9. The Balaban J connectivity index is 1.86. The van der Waals surface area contributed by atoms with Crippen LogP contribution in [0.1, 0.15) is 118 Å². The molecule has 0 spiro atoms. The number of benzene rings is 1. The Labute approximate surface area is 269 Å². The molecule has 8 heteroatoms. The molecule has 4 rings (SSSR count). The van der Waals surface area contributed by atoms with Gasteiger partial charge < -0.3 is 24.4 Å². The van der Waals surface area contributed by atoms with Crippen LogP contribution in [-0.4, -0.2) is 58.1 Å². The number of hydrogen-bond acceptors (Lipinski definition) is 8. The van der Waals surface area contributed by atoms with Gasteiger partial charge in [-0.05, 0) is 86.7 Å². The van der Waals surface area contributed by atoms with E-state index in [9.17, 15) is 24.6 Å². The van der Waals surface area contributed by atoms with Crippen LogP contribution in [-0.2, 0) is 35.0 Å². The highest BCUT2D eigenvalue weighted by atomic mass is 16.6. The second-order valence-electron chi connectivity index (χ2n) is 15.3. The van der Waals surface area contributed by atoms with Crippen molar-refractivity contribution in [1.29, 1.82) is 0 Å². The van der Waals surface area contributed by atoms with Crippen molar-refractivity contribution >= 4 is 17.9 Å². The largest absolute Gasteiger partial charge is 0.462 e. The molecule has 3 aliphatic rings. The maximum Gasteiger partial charge on any atom is 0.303 e. The number of rotatable bonds is 8. The van der Waals surface area contributed by atoms with Crippen molar-refractivity contribution in [2.75, 3.05) is 0 Å². The molecule has 0 unspecified atom stereocenters. The van der Waals surface area contributed by atoms with E-state index in [4.69, 9.17) is 14.2 Å². The Morgan fingerprint density at radius 2 is 1.53 bits per heavy atom. The third-order valence-electron chi connectivity index (χ3n) is 12.6. The molecule has 1 aromatic rings. The van der Waals surface area contributed by atoms with Crippen LogP contribution in [0.25, 0.3) is 0 Å². The van der Waals surface area contributed by atoms with Crippen LogP contribution in [0.4, 0.5) is 0 Å². The van der Waals surface area contributed by atoms with Gasteiger partial charge in [0.1, 0.15) is 12.2 Å². The number of esters is 3. The molecule has 2 N–H and O–H groups in total. The van der Waals surface area contributed by atoms with Crippen molar-refractivity contribution in [3.05, 3.63) is 35.4 Å². The molecule has 0 radical (unpaired) electrons. The van der Waals surface area contributed by atoms with Gasteiger partial charge in [-0.1, -0.05) is 58.9 Å². The van der Waals surface area contributed by atoms with E-state index in [1.54, 1.807) is 13.8 Å². The van der Waals surface area contributed by atoms with Crippen LogP contribution in [0.15, 0.2) is 24.3 Å². The zero-order chi connectivity index (χ0) is 33.7. The number of fused-ring (bicyclic) bond motifs is 3. The van der Waals surface area contributed by atoms with Crippen molar-refractivity contribution in [1.82, 2.24) is 0 Å². The summed E-state index contributed by atoms with van der Waals surface area (Å²) in [6.07, 6.45) is 0.332. The van der Waals surface area contributed by atoms with Gasteiger partial charge in [-0.15, -0.1) is 0 Å². The summed E-state index contributed by atoms with van der Waals surface area (Å²) in [6, 6.07) is 8.45. The molecule has 0 aromatic heterocycles. The molecule has 3 aliphatic carbocycles. The lowest BCUT2D eigenvalue weighted by Crippen LogP contribution is -2.76. The third-order valence-corrected chi connectivity index (χ3v) is 12.6. The first kappa shape index (κ1) is 35.4. The van der Waals surface area contributed by atoms with Crippen molar-refractivity contribution in [2.45, 2.75) is 144 Å². The highest BCUT2D eigenvalue weighted by Crippen LogP contribution is 2.70. The molecule has 1 aromatic carbocycles. The fraction of sp³-hybridized carbons (Fsp3) is 0.757. The average Bonchev–Trinajstić information content (AvgIpc) is 2.95. The summed E-state index contributed by atoms with van der Waals surface area (Å²) in [5.74, 6) is -2.06. The summed E-state index contributed by atoms with van der Waals surface area (Å²) < 4.78 is 17.8. The van der Waals surface area contributed by atoms with Crippen LogP contribution >= 0.6 is 0 Å². The van der Waals surface area contributed by atoms with Gasteiger partial charge in [-0.3, -0.25) is 14.4 Å². The number of carbonyl (C=O) groups is 3. The van der Waals surface area contributed by atoms with Gasteiger partial charge in [0.25, 0.3) is 0 Å². The molecule has 12 atom stereocenters. The normalized spacial score (nSPS) is 40.7. The number of aliphatic hydroxyl groups is 2. The maximum atomic E-state index is 12.9. The molecule has 252 valence electrons. The second-order valence-corrected chi connectivity index (χ2v) is 15.3. The molecule has 8 nitrogen and oxygen atoms in total. The SMILES string of the molecule is CCc1ccccc1[C@@H](C)C[C@@]1(O)[C@@H]2CC[C@]3(C)[C@H]([C@H](OC(C)=O)[C@H](OC(C)=O)[C@](C)([C@@H](C)OC(C)=O)[C@H]3O)[C@@]2(C)CC[C@@H]1C. The van der Waals surface area contributed by atoms with Crippen molar-refractivity contribution in [2.24, 2.45) is 34.0 Å². The van der Waals surface area contributed by atoms with E-state index < -0.39 is 70.1 Å². The summed E-state index contributed by atoms with van der Waals surface area (Å²) in [7, 11) is 0.